The van der Waals surface area contributed by atoms with Crippen molar-refractivity contribution >= 4 is 27.7 Å². The Morgan fingerprint density at radius 2 is 1.87 bits per heavy atom. The van der Waals surface area contributed by atoms with Gasteiger partial charge < -0.3 is 5.32 Å². The molecule has 0 aromatic heterocycles. The van der Waals surface area contributed by atoms with Gasteiger partial charge in [0.25, 0.3) is 0 Å². The number of nitrogens with one attached hydrogen (secondary N) is 1. The molecule has 1 aromatic rings. The van der Waals surface area contributed by atoms with E-state index < -0.39 is 0 Å². The molecule has 0 aliphatic rings. The molecule has 0 amide bonds. The number of hydrogen-bond acceptors (Lipinski definition) is 2. The van der Waals surface area contributed by atoms with E-state index in [2.05, 4.69) is 65.6 Å². The van der Waals surface area contributed by atoms with Crippen LogP contribution in [0.5, 0.6) is 0 Å². The molecule has 15 heavy (non-hydrogen) atoms. The molecule has 0 saturated heterocycles. The zero-order valence-electron chi connectivity index (χ0n) is 9.46. The summed E-state index contributed by atoms with van der Waals surface area (Å²) in [4.78, 5) is 0. The molecule has 1 N–H and O–H groups in total. The molecule has 0 aliphatic carbocycles. The normalized spacial score (nSPS) is 14.9. The van der Waals surface area contributed by atoms with Gasteiger partial charge in [0.05, 0.1) is 0 Å². The molecule has 2 atom stereocenters. The van der Waals surface area contributed by atoms with Gasteiger partial charge >= 0.3 is 0 Å². The molecule has 1 nitrogen and oxygen atoms in total. The standard InChI is InChI=1S/C12H18BrNS/c1-9(8-15-3)14-10(2)11-4-6-12(13)7-5-11/h4-7,9-10,14H,8H2,1-3H3. The van der Waals surface area contributed by atoms with Crippen LogP contribution in [0.15, 0.2) is 28.7 Å². The lowest BCUT2D eigenvalue weighted by Gasteiger charge is -2.19. The highest BCUT2D eigenvalue weighted by atomic mass is 79.9. The largest absolute Gasteiger partial charge is 0.307 e. The first kappa shape index (κ1) is 13.1. The van der Waals surface area contributed by atoms with Gasteiger partial charge in [0.2, 0.25) is 0 Å². The number of rotatable bonds is 5. The van der Waals surface area contributed by atoms with Crippen LogP contribution in [0.3, 0.4) is 0 Å². The van der Waals surface area contributed by atoms with Crippen molar-refractivity contribution < 1.29 is 0 Å². The molecule has 84 valence electrons. The van der Waals surface area contributed by atoms with Gasteiger partial charge in [-0.3, -0.25) is 0 Å². The Bertz CT molecular complexity index is 286. The van der Waals surface area contributed by atoms with Crippen molar-refractivity contribution in [2.24, 2.45) is 0 Å². The Labute approximate surface area is 105 Å². The summed E-state index contributed by atoms with van der Waals surface area (Å²) >= 11 is 5.33. The minimum atomic E-state index is 0.417. The Kier molecular flexibility index (Phi) is 5.72. The monoisotopic (exact) mass is 287 g/mol. The molecular weight excluding hydrogens is 270 g/mol. The number of thioether (sulfide) groups is 1. The predicted molar refractivity (Wildman–Crippen MR) is 73.5 cm³/mol. The highest BCUT2D eigenvalue weighted by Crippen LogP contribution is 2.17. The molecule has 0 spiro atoms. The fourth-order valence-corrected chi connectivity index (χ4v) is 2.43. The fraction of sp³-hybridized carbons (Fsp3) is 0.500. The minimum Gasteiger partial charge on any atom is -0.307 e. The highest BCUT2D eigenvalue weighted by Gasteiger charge is 2.08. The average molecular weight is 288 g/mol. The van der Waals surface area contributed by atoms with E-state index in [9.17, 15) is 0 Å². The number of benzene rings is 1. The van der Waals surface area contributed by atoms with Crippen molar-refractivity contribution in [3.63, 3.8) is 0 Å². The van der Waals surface area contributed by atoms with E-state index in [4.69, 9.17) is 0 Å². The summed E-state index contributed by atoms with van der Waals surface area (Å²) in [5, 5.41) is 3.58. The van der Waals surface area contributed by atoms with Crippen molar-refractivity contribution in [1.29, 1.82) is 0 Å². The van der Waals surface area contributed by atoms with Gasteiger partial charge in [0.1, 0.15) is 0 Å². The van der Waals surface area contributed by atoms with Gasteiger partial charge in [-0.2, -0.15) is 11.8 Å². The first-order chi connectivity index (χ1) is 7.13. The maximum absolute atomic E-state index is 3.58. The topological polar surface area (TPSA) is 12.0 Å². The summed E-state index contributed by atoms with van der Waals surface area (Å²) in [6.07, 6.45) is 2.14. The highest BCUT2D eigenvalue weighted by molar-refractivity contribution is 9.10. The van der Waals surface area contributed by atoms with Crippen LogP contribution in [0.1, 0.15) is 25.5 Å². The molecule has 1 rings (SSSR count). The van der Waals surface area contributed by atoms with Crippen molar-refractivity contribution in [1.82, 2.24) is 5.32 Å². The zero-order chi connectivity index (χ0) is 11.3. The predicted octanol–water partition coefficient (Wildman–Crippen LogP) is 3.85. The number of hydrogen-bond donors (Lipinski definition) is 1. The third-order valence-corrected chi connectivity index (χ3v) is 3.68. The second-order valence-electron chi connectivity index (χ2n) is 3.80. The van der Waals surface area contributed by atoms with E-state index in [0.29, 0.717) is 12.1 Å². The molecule has 0 fully saturated rings. The van der Waals surface area contributed by atoms with Crippen LogP contribution >= 0.6 is 27.7 Å². The maximum Gasteiger partial charge on any atom is 0.0294 e. The van der Waals surface area contributed by atoms with E-state index in [1.165, 1.54) is 5.56 Å². The lowest BCUT2D eigenvalue weighted by Crippen LogP contribution is -2.30. The van der Waals surface area contributed by atoms with Gasteiger partial charge in [-0.05, 0) is 37.8 Å². The third kappa shape index (κ3) is 4.58. The first-order valence-electron chi connectivity index (χ1n) is 5.14. The van der Waals surface area contributed by atoms with Crippen LogP contribution in [0.25, 0.3) is 0 Å². The van der Waals surface area contributed by atoms with Gasteiger partial charge in [-0.15, -0.1) is 0 Å². The summed E-state index contributed by atoms with van der Waals surface area (Å²) in [5.74, 6) is 1.15. The van der Waals surface area contributed by atoms with Crippen molar-refractivity contribution in [2.75, 3.05) is 12.0 Å². The summed E-state index contributed by atoms with van der Waals surface area (Å²) in [7, 11) is 0. The van der Waals surface area contributed by atoms with Crippen molar-refractivity contribution in [3.8, 4) is 0 Å². The van der Waals surface area contributed by atoms with Gasteiger partial charge in [-0.25, -0.2) is 0 Å². The smallest absolute Gasteiger partial charge is 0.0294 e. The Balaban J connectivity index is 2.53. The quantitative estimate of drug-likeness (QED) is 0.883. The Hall–Kier alpha value is 0.01000. The fourth-order valence-electron chi connectivity index (χ4n) is 1.57. The maximum atomic E-state index is 3.58. The molecule has 0 saturated carbocycles. The Morgan fingerprint density at radius 1 is 1.27 bits per heavy atom. The van der Waals surface area contributed by atoms with Crippen LogP contribution in [-0.2, 0) is 0 Å². The second kappa shape index (κ2) is 6.56. The number of halogens is 1. The summed E-state index contributed by atoms with van der Waals surface area (Å²) < 4.78 is 1.13. The first-order valence-corrected chi connectivity index (χ1v) is 7.32. The van der Waals surface area contributed by atoms with Crippen LogP contribution in [0.2, 0.25) is 0 Å². The van der Waals surface area contributed by atoms with E-state index in [0.717, 1.165) is 10.2 Å². The van der Waals surface area contributed by atoms with Crippen LogP contribution in [0.4, 0.5) is 0 Å². The van der Waals surface area contributed by atoms with Gasteiger partial charge in [0, 0.05) is 22.3 Å². The summed E-state index contributed by atoms with van der Waals surface area (Å²) in [5.41, 5.74) is 1.34. The summed E-state index contributed by atoms with van der Waals surface area (Å²) in [6, 6.07) is 9.47. The second-order valence-corrected chi connectivity index (χ2v) is 5.62. The van der Waals surface area contributed by atoms with Crippen molar-refractivity contribution in [3.05, 3.63) is 34.3 Å². The minimum absolute atomic E-state index is 0.417. The van der Waals surface area contributed by atoms with Crippen LogP contribution < -0.4 is 5.32 Å². The molecule has 1 aromatic carbocycles. The molecule has 2 unspecified atom stereocenters. The van der Waals surface area contributed by atoms with Crippen LogP contribution in [-0.4, -0.2) is 18.1 Å². The molecule has 3 heteroatoms. The lowest BCUT2D eigenvalue weighted by atomic mass is 10.1. The molecule has 0 heterocycles. The van der Waals surface area contributed by atoms with Gasteiger partial charge in [-0.1, -0.05) is 28.1 Å². The van der Waals surface area contributed by atoms with E-state index in [1.54, 1.807) is 0 Å². The zero-order valence-corrected chi connectivity index (χ0v) is 11.9. The molecular formula is C12H18BrNS. The lowest BCUT2D eigenvalue weighted by molar-refractivity contribution is 0.511. The molecule has 0 bridgehead atoms. The van der Waals surface area contributed by atoms with E-state index >= 15 is 0 Å². The molecule has 0 aliphatic heterocycles. The van der Waals surface area contributed by atoms with Gasteiger partial charge in [0.15, 0.2) is 0 Å². The van der Waals surface area contributed by atoms with Crippen molar-refractivity contribution in [2.45, 2.75) is 25.9 Å². The average Bonchev–Trinajstić information content (AvgIpc) is 2.18. The molecule has 0 radical (unpaired) electrons. The summed E-state index contributed by atoms with van der Waals surface area (Å²) in [6.45, 7) is 4.44. The van der Waals surface area contributed by atoms with E-state index in [1.807, 2.05) is 11.8 Å². The SMILES string of the molecule is CSCC(C)NC(C)c1ccc(Br)cc1. The Morgan fingerprint density at radius 3 is 2.40 bits per heavy atom. The van der Waals surface area contributed by atoms with E-state index in [-0.39, 0.29) is 0 Å². The van der Waals surface area contributed by atoms with Crippen LogP contribution in [0, 0.1) is 0 Å². The third-order valence-electron chi connectivity index (χ3n) is 2.32.